The number of piperidine rings is 1. The Balaban J connectivity index is 2.39. The number of rotatable bonds is 1. The van der Waals surface area contributed by atoms with Crippen LogP contribution in [-0.4, -0.2) is 29.7 Å². The zero-order valence-electron chi connectivity index (χ0n) is 10.2. The van der Waals surface area contributed by atoms with Crippen LogP contribution < -0.4 is 0 Å². The van der Waals surface area contributed by atoms with Crippen LogP contribution in [0.5, 0.6) is 0 Å². The van der Waals surface area contributed by atoms with Crippen LogP contribution in [0.3, 0.4) is 0 Å². The Hall–Kier alpha value is -0.510. The second kappa shape index (κ2) is 5.71. The summed E-state index contributed by atoms with van der Waals surface area (Å²) >= 11 is 3.28. The van der Waals surface area contributed by atoms with Gasteiger partial charge in [0, 0.05) is 13.1 Å². The van der Waals surface area contributed by atoms with Crippen LogP contribution in [0, 0.1) is 5.92 Å². The minimum atomic E-state index is -0.399. The summed E-state index contributed by atoms with van der Waals surface area (Å²) in [6.45, 7) is 7.26. The number of nitrogens with zero attached hydrogens (tertiary/aromatic N) is 1. The second-order valence-electron chi connectivity index (χ2n) is 5.12. The molecule has 1 rings (SSSR count). The maximum Gasteiger partial charge on any atom is 0.410 e. The Morgan fingerprint density at radius 2 is 1.94 bits per heavy atom. The molecule has 1 aliphatic heterocycles. The standard InChI is InChI=1S/C12H20BrNO2/c1-12(2,3)16-11(15)14-8-5-10(4-7-13)6-9-14/h4,7,10H,5-6,8-9H2,1-3H3/b7-4+. The number of amides is 1. The summed E-state index contributed by atoms with van der Waals surface area (Å²) in [6, 6.07) is 0. The van der Waals surface area contributed by atoms with Crippen LogP contribution in [0.25, 0.3) is 0 Å². The van der Waals surface area contributed by atoms with Gasteiger partial charge < -0.3 is 9.64 Å². The van der Waals surface area contributed by atoms with Gasteiger partial charge in [0.25, 0.3) is 0 Å². The Labute approximate surface area is 106 Å². The smallest absolute Gasteiger partial charge is 0.410 e. The lowest BCUT2D eigenvalue weighted by Gasteiger charge is -2.32. The number of likely N-dealkylation sites (tertiary alicyclic amines) is 1. The molecule has 0 aromatic rings. The Morgan fingerprint density at radius 1 is 1.38 bits per heavy atom. The van der Waals surface area contributed by atoms with Gasteiger partial charge in [-0.05, 0) is 44.5 Å². The molecule has 0 aromatic carbocycles. The van der Waals surface area contributed by atoms with Crippen LogP contribution in [0.4, 0.5) is 4.79 Å². The molecular formula is C12H20BrNO2. The number of carbonyl (C=O) groups excluding carboxylic acids is 1. The molecule has 0 aliphatic carbocycles. The van der Waals surface area contributed by atoms with E-state index in [1.54, 1.807) is 4.90 Å². The third-order valence-corrected chi connectivity index (χ3v) is 2.84. The molecule has 1 heterocycles. The first kappa shape index (κ1) is 13.6. The van der Waals surface area contributed by atoms with Gasteiger partial charge in [0.05, 0.1) is 0 Å². The maximum atomic E-state index is 11.8. The maximum absolute atomic E-state index is 11.8. The van der Waals surface area contributed by atoms with Crippen LogP contribution in [0.1, 0.15) is 33.6 Å². The van der Waals surface area contributed by atoms with E-state index in [0.717, 1.165) is 25.9 Å². The molecule has 92 valence electrons. The predicted molar refractivity (Wildman–Crippen MR) is 68.6 cm³/mol. The molecule has 1 saturated heterocycles. The van der Waals surface area contributed by atoms with Crippen LogP contribution >= 0.6 is 15.9 Å². The zero-order chi connectivity index (χ0) is 12.2. The lowest BCUT2D eigenvalue weighted by atomic mass is 9.97. The molecule has 1 fully saturated rings. The van der Waals surface area contributed by atoms with Crippen molar-refractivity contribution < 1.29 is 9.53 Å². The minimum absolute atomic E-state index is 0.186. The van der Waals surface area contributed by atoms with Gasteiger partial charge in [-0.15, -0.1) is 0 Å². The number of halogens is 1. The van der Waals surface area contributed by atoms with Crippen molar-refractivity contribution in [3.63, 3.8) is 0 Å². The van der Waals surface area contributed by atoms with E-state index in [1.165, 1.54) is 0 Å². The zero-order valence-corrected chi connectivity index (χ0v) is 11.8. The second-order valence-corrected chi connectivity index (χ2v) is 5.65. The van der Waals surface area contributed by atoms with E-state index in [-0.39, 0.29) is 6.09 Å². The third kappa shape index (κ3) is 4.56. The van der Waals surface area contributed by atoms with Crippen molar-refractivity contribution in [2.24, 2.45) is 5.92 Å². The van der Waals surface area contributed by atoms with Gasteiger partial charge in [-0.2, -0.15) is 0 Å². The van der Waals surface area contributed by atoms with E-state index in [4.69, 9.17) is 4.74 Å². The van der Waals surface area contributed by atoms with E-state index in [9.17, 15) is 4.79 Å². The van der Waals surface area contributed by atoms with Crippen molar-refractivity contribution >= 4 is 22.0 Å². The average Bonchev–Trinajstić information content (AvgIpc) is 2.16. The quantitative estimate of drug-likeness (QED) is 0.739. The van der Waals surface area contributed by atoms with E-state index < -0.39 is 5.60 Å². The first-order valence-corrected chi connectivity index (χ1v) is 6.59. The van der Waals surface area contributed by atoms with Gasteiger partial charge in [-0.25, -0.2) is 4.79 Å². The number of hydrogen-bond acceptors (Lipinski definition) is 2. The Bertz CT molecular complexity index is 263. The Morgan fingerprint density at radius 3 is 2.38 bits per heavy atom. The fourth-order valence-corrected chi connectivity index (χ4v) is 2.14. The lowest BCUT2D eigenvalue weighted by molar-refractivity contribution is 0.0197. The monoisotopic (exact) mass is 289 g/mol. The summed E-state index contributed by atoms with van der Waals surface area (Å²) in [7, 11) is 0. The van der Waals surface area contributed by atoms with Crippen molar-refractivity contribution in [3.8, 4) is 0 Å². The fourth-order valence-electron chi connectivity index (χ4n) is 1.70. The Kier molecular flexibility index (Phi) is 4.84. The van der Waals surface area contributed by atoms with Crippen molar-refractivity contribution in [3.05, 3.63) is 11.1 Å². The van der Waals surface area contributed by atoms with E-state index in [2.05, 4.69) is 22.0 Å². The van der Waals surface area contributed by atoms with Gasteiger partial charge in [-0.1, -0.05) is 22.0 Å². The summed E-state index contributed by atoms with van der Waals surface area (Å²) in [5, 5.41) is 0. The molecule has 0 bridgehead atoms. The van der Waals surface area contributed by atoms with Gasteiger partial charge in [0.15, 0.2) is 0 Å². The SMILES string of the molecule is CC(C)(C)OC(=O)N1CCC(/C=C/Br)CC1. The molecule has 0 N–H and O–H groups in total. The average molecular weight is 290 g/mol. The highest BCUT2D eigenvalue weighted by Gasteiger charge is 2.25. The van der Waals surface area contributed by atoms with Crippen molar-refractivity contribution in [2.45, 2.75) is 39.2 Å². The summed E-state index contributed by atoms with van der Waals surface area (Å²) in [6.07, 6.45) is 3.99. The topological polar surface area (TPSA) is 29.5 Å². The predicted octanol–water partition coefficient (Wildman–Crippen LogP) is 3.54. The first-order valence-electron chi connectivity index (χ1n) is 5.67. The number of allylic oxidation sites excluding steroid dienone is 1. The van der Waals surface area contributed by atoms with Gasteiger partial charge >= 0.3 is 6.09 Å². The van der Waals surface area contributed by atoms with Crippen molar-refractivity contribution in [1.82, 2.24) is 4.90 Å². The molecular weight excluding hydrogens is 270 g/mol. The summed E-state index contributed by atoms with van der Waals surface area (Å²) in [5.74, 6) is 0.582. The number of carbonyl (C=O) groups is 1. The summed E-state index contributed by atoms with van der Waals surface area (Å²) < 4.78 is 5.33. The highest BCUT2D eigenvalue weighted by Crippen LogP contribution is 2.20. The minimum Gasteiger partial charge on any atom is -0.444 e. The third-order valence-electron chi connectivity index (χ3n) is 2.54. The molecule has 3 nitrogen and oxygen atoms in total. The van der Waals surface area contributed by atoms with Gasteiger partial charge in [0.1, 0.15) is 5.60 Å². The molecule has 0 aromatic heterocycles. The van der Waals surface area contributed by atoms with Gasteiger partial charge in [0.2, 0.25) is 0 Å². The summed E-state index contributed by atoms with van der Waals surface area (Å²) in [5.41, 5.74) is -0.399. The van der Waals surface area contributed by atoms with Gasteiger partial charge in [-0.3, -0.25) is 0 Å². The van der Waals surface area contributed by atoms with Crippen LogP contribution in [-0.2, 0) is 4.74 Å². The number of ether oxygens (including phenoxy) is 1. The normalized spacial score (nSPS) is 19.1. The highest BCUT2D eigenvalue weighted by atomic mass is 79.9. The molecule has 1 aliphatic rings. The van der Waals surface area contributed by atoms with E-state index >= 15 is 0 Å². The van der Waals surface area contributed by atoms with E-state index in [0.29, 0.717) is 5.92 Å². The molecule has 0 spiro atoms. The van der Waals surface area contributed by atoms with Crippen LogP contribution in [0.15, 0.2) is 11.1 Å². The molecule has 0 radical (unpaired) electrons. The number of hydrogen-bond donors (Lipinski definition) is 0. The van der Waals surface area contributed by atoms with Crippen LogP contribution in [0.2, 0.25) is 0 Å². The molecule has 0 saturated carbocycles. The largest absolute Gasteiger partial charge is 0.444 e. The molecule has 0 unspecified atom stereocenters. The molecule has 0 atom stereocenters. The fraction of sp³-hybridized carbons (Fsp3) is 0.750. The lowest BCUT2D eigenvalue weighted by Crippen LogP contribution is -2.41. The van der Waals surface area contributed by atoms with Crippen molar-refractivity contribution in [1.29, 1.82) is 0 Å². The first-order chi connectivity index (χ1) is 7.42. The van der Waals surface area contributed by atoms with E-state index in [1.807, 2.05) is 25.8 Å². The van der Waals surface area contributed by atoms with Crippen molar-refractivity contribution in [2.75, 3.05) is 13.1 Å². The molecule has 16 heavy (non-hydrogen) atoms. The summed E-state index contributed by atoms with van der Waals surface area (Å²) in [4.78, 5) is 15.5. The molecule has 4 heteroatoms. The molecule has 1 amide bonds. The highest BCUT2D eigenvalue weighted by molar-refractivity contribution is 9.11.